The van der Waals surface area contributed by atoms with Crippen LogP contribution >= 0.6 is 35.0 Å². The first kappa shape index (κ1) is 23.5. The maximum atomic E-state index is 12.4. The second-order valence-corrected chi connectivity index (χ2v) is 10.1. The van der Waals surface area contributed by atoms with E-state index in [4.69, 9.17) is 23.2 Å². The van der Waals surface area contributed by atoms with Crippen LogP contribution in [0.3, 0.4) is 0 Å². The number of carbonyl (C=O) groups excluding carboxylic acids is 1. The van der Waals surface area contributed by atoms with Crippen molar-refractivity contribution in [1.29, 1.82) is 0 Å². The van der Waals surface area contributed by atoms with Crippen LogP contribution < -0.4 is 10.0 Å². The molecule has 0 atom stereocenters. The molecule has 0 saturated carbocycles. The predicted molar refractivity (Wildman–Crippen MR) is 129 cm³/mol. The highest BCUT2D eigenvalue weighted by atomic mass is 35.5. The summed E-state index contributed by atoms with van der Waals surface area (Å²) >= 11 is 13.9. The second kappa shape index (κ2) is 10.9. The van der Waals surface area contributed by atoms with E-state index in [1.807, 2.05) is 0 Å². The Morgan fingerprint density at radius 3 is 2.16 bits per heavy atom. The average molecular weight is 495 g/mol. The van der Waals surface area contributed by atoms with Crippen LogP contribution in [0.25, 0.3) is 0 Å². The molecule has 5 nitrogen and oxygen atoms in total. The van der Waals surface area contributed by atoms with E-state index in [1.54, 1.807) is 72.4 Å². The number of amides is 1. The summed E-state index contributed by atoms with van der Waals surface area (Å²) in [4.78, 5) is 12.5. The number of carbonyl (C=O) groups is 1. The summed E-state index contributed by atoms with van der Waals surface area (Å²) in [7, 11) is -3.67. The van der Waals surface area contributed by atoms with Gasteiger partial charge in [-0.15, -0.1) is 0 Å². The van der Waals surface area contributed by atoms with E-state index in [1.165, 1.54) is 12.1 Å². The Hall–Kier alpha value is -2.19. The number of sulfonamides is 1. The maximum absolute atomic E-state index is 12.4. The zero-order valence-electron chi connectivity index (χ0n) is 16.3. The zero-order chi connectivity index (χ0) is 22.3. The van der Waals surface area contributed by atoms with Gasteiger partial charge in [0.05, 0.1) is 4.90 Å². The predicted octanol–water partition coefficient (Wildman–Crippen LogP) is 5.46. The first-order valence-electron chi connectivity index (χ1n) is 9.33. The molecule has 0 fully saturated rings. The van der Waals surface area contributed by atoms with Gasteiger partial charge in [-0.1, -0.05) is 47.5 Å². The van der Waals surface area contributed by atoms with E-state index in [-0.39, 0.29) is 10.8 Å². The molecule has 0 spiro atoms. The quantitative estimate of drug-likeness (QED) is 0.387. The van der Waals surface area contributed by atoms with E-state index in [0.29, 0.717) is 39.3 Å². The monoisotopic (exact) mass is 494 g/mol. The minimum atomic E-state index is -3.67. The van der Waals surface area contributed by atoms with Gasteiger partial charge in [0.1, 0.15) is 0 Å². The fourth-order valence-corrected chi connectivity index (χ4v) is 5.36. The van der Waals surface area contributed by atoms with E-state index < -0.39 is 10.0 Å². The summed E-state index contributed by atoms with van der Waals surface area (Å²) in [6.07, 6.45) is 0. The Balaban J connectivity index is 1.47. The lowest BCUT2D eigenvalue weighted by Gasteiger charge is -2.10. The maximum Gasteiger partial charge on any atom is 0.261 e. The highest BCUT2D eigenvalue weighted by molar-refractivity contribution is 7.98. The Morgan fingerprint density at radius 2 is 1.52 bits per heavy atom. The molecule has 0 unspecified atom stereocenters. The summed E-state index contributed by atoms with van der Waals surface area (Å²) in [5.41, 5.74) is 1.71. The van der Waals surface area contributed by atoms with Crippen LogP contribution in [0.4, 0.5) is 5.69 Å². The Morgan fingerprint density at radius 1 is 0.871 bits per heavy atom. The summed E-state index contributed by atoms with van der Waals surface area (Å²) in [5.74, 6) is 1.13. The van der Waals surface area contributed by atoms with Crippen molar-refractivity contribution in [2.24, 2.45) is 0 Å². The van der Waals surface area contributed by atoms with Gasteiger partial charge in [-0.3, -0.25) is 9.52 Å². The van der Waals surface area contributed by atoms with Crippen LogP contribution in [0.5, 0.6) is 0 Å². The molecule has 2 N–H and O–H groups in total. The van der Waals surface area contributed by atoms with Crippen LogP contribution in [0.1, 0.15) is 15.9 Å². The van der Waals surface area contributed by atoms with Gasteiger partial charge >= 0.3 is 0 Å². The third-order valence-corrected chi connectivity index (χ3v) is 7.38. The molecule has 0 aliphatic rings. The van der Waals surface area contributed by atoms with E-state index in [2.05, 4.69) is 10.0 Å². The van der Waals surface area contributed by atoms with Crippen molar-refractivity contribution in [1.82, 2.24) is 5.32 Å². The molecule has 0 aromatic heterocycles. The van der Waals surface area contributed by atoms with Gasteiger partial charge in [0, 0.05) is 39.3 Å². The molecular formula is C22H20Cl2N2O3S2. The van der Waals surface area contributed by atoms with E-state index in [0.717, 1.165) is 5.56 Å². The van der Waals surface area contributed by atoms with Crippen LogP contribution in [0.2, 0.25) is 10.0 Å². The second-order valence-electron chi connectivity index (χ2n) is 6.50. The third-order valence-electron chi connectivity index (χ3n) is 4.29. The molecule has 3 aromatic carbocycles. The minimum Gasteiger partial charge on any atom is -0.351 e. The molecule has 3 aromatic rings. The number of benzene rings is 3. The average Bonchev–Trinajstić information content (AvgIpc) is 2.76. The fourth-order valence-electron chi connectivity index (χ4n) is 2.69. The smallest absolute Gasteiger partial charge is 0.261 e. The molecule has 0 radical (unpaired) electrons. The van der Waals surface area contributed by atoms with Crippen molar-refractivity contribution < 1.29 is 13.2 Å². The van der Waals surface area contributed by atoms with Crippen molar-refractivity contribution in [2.45, 2.75) is 10.6 Å². The van der Waals surface area contributed by atoms with Crippen molar-refractivity contribution in [2.75, 3.05) is 17.0 Å². The fraction of sp³-hybridized carbons (Fsp3) is 0.136. The van der Waals surface area contributed by atoms with Crippen LogP contribution in [0, 0.1) is 0 Å². The Kier molecular flexibility index (Phi) is 8.26. The largest absolute Gasteiger partial charge is 0.351 e. The highest BCUT2D eigenvalue weighted by Gasteiger charge is 2.14. The van der Waals surface area contributed by atoms with E-state index >= 15 is 0 Å². The molecule has 3 rings (SSSR count). The number of rotatable bonds is 9. The lowest BCUT2D eigenvalue weighted by atomic mass is 10.2. The zero-order valence-corrected chi connectivity index (χ0v) is 19.5. The molecular weight excluding hydrogens is 475 g/mol. The lowest BCUT2D eigenvalue weighted by molar-refractivity contribution is 0.0956. The first-order chi connectivity index (χ1) is 14.9. The summed E-state index contributed by atoms with van der Waals surface area (Å²) < 4.78 is 27.2. The molecule has 0 saturated heterocycles. The van der Waals surface area contributed by atoms with Gasteiger partial charge in [0.25, 0.3) is 15.9 Å². The molecule has 162 valence electrons. The SMILES string of the molecule is O=C(NCCSCc1c(Cl)cccc1Cl)c1ccc(NS(=O)(=O)c2ccccc2)cc1. The van der Waals surface area contributed by atoms with Crippen molar-refractivity contribution in [3.63, 3.8) is 0 Å². The van der Waals surface area contributed by atoms with Gasteiger partial charge in [-0.25, -0.2) is 8.42 Å². The normalized spacial score (nSPS) is 11.2. The molecule has 9 heteroatoms. The van der Waals surface area contributed by atoms with Crippen LogP contribution in [-0.4, -0.2) is 26.6 Å². The van der Waals surface area contributed by atoms with Gasteiger partial charge in [0.2, 0.25) is 0 Å². The molecule has 0 heterocycles. The number of halogens is 2. The van der Waals surface area contributed by atoms with Crippen LogP contribution in [0.15, 0.2) is 77.7 Å². The molecule has 1 amide bonds. The van der Waals surface area contributed by atoms with E-state index in [9.17, 15) is 13.2 Å². The van der Waals surface area contributed by atoms with Crippen LogP contribution in [-0.2, 0) is 15.8 Å². The van der Waals surface area contributed by atoms with Gasteiger partial charge < -0.3 is 5.32 Å². The molecule has 0 aliphatic heterocycles. The van der Waals surface area contributed by atoms with Gasteiger partial charge in [-0.05, 0) is 54.1 Å². The first-order valence-corrected chi connectivity index (χ1v) is 12.7. The standard InChI is InChI=1S/C22H20Cl2N2O3S2/c23-20-7-4-8-21(24)19(20)15-30-14-13-25-22(27)16-9-11-17(12-10-16)26-31(28,29)18-5-2-1-3-6-18/h1-12,26H,13-15H2,(H,25,27). The minimum absolute atomic E-state index is 0.174. The third kappa shape index (κ3) is 6.64. The summed E-state index contributed by atoms with van der Waals surface area (Å²) in [5, 5.41) is 4.11. The number of thioether (sulfide) groups is 1. The Labute approximate surface area is 196 Å². The molecule has 31 heavy (non-hydrogen) atoms. The van der Waals surface area contributed by atoms with Gasteiger partial charge in [0.15, 0.2) is 0 Å². The highest BCUT2D eigenvalue weighted by Crippen LogP contribution is 2.28. The lowest BCUT2D eigenvalue weighted by Crippen LogP contribution is -2.25. The van der Waals surface area contributed by atoms with Crippen molar-refractivity contribution >= 4 is 56.6 Å². The molecule has 0 bridgehead atoms. The summed E-state index contributed by atoms with van der Waals surface area (Å²) in [6, 6.07) is 19.8. The topological polar surface area (TPSA) is 75.3 Å². The summed E-state index contributed by atoms with van der Waals surface area (Å²) in [6.45, 7) is 0.480. The Bertz CT molecular complexity index is 1120. The number of hydrogen-bond donors (Lipinski definition) is 2. The van der Waals surface area contributed by atoms with Gasteiger partial charge in [-0.2, -0.15) is 11.8 Å². The van der Waals surface area contributed by atoms with Crippen molar-refractivity contribution in [3.05, 3.63) is 94.0 Å². The number of anilines is 1. The molecule has 0 aliphatic carbocycles. The van der Waals surface area contributed by atoms with Crippen molar-refractivity contribution in [3.8, 4) is 0 Å². The number of hydrogen-bond acceptors (Lipinski definition) is 4. The number of nitrogens with one attached hydrogen (secondary N) is 2.